The van der Waals surface area contributed by atoms with Gasteiger partial charge in [-0.2, -0.15) is 5.10 Å². The molecular weight excluding hydrogens is 318 g/mol. The molecule has 3 rings (SSSR count). The predicted octanol–water partition coefficient (Wildman–Crippen LogP) is 2.58. The molecule has 0 unspecified atom stereocenters. The van der Waals surface area contributed by atoms with E-state index < -0.39 is 0 Å². The van der Waals surface area contributed by atoms with Crippen LogP contribution in [0.25, 0.3) is 0 Å². The van der Waals surface area contributed by atoms with Crippen molar-refractivity contribution in [3.05, 3.63) is 35.0 Å². The van der Waals surface area contributed by atoms with Gasteiger partial charge in [0.25, 0.3) is 0 Å². The molecule has 1 aromatic heterocycles. The van der Waals surface area contributed by atoms with Crippen molar-refractivity contribution in [2.24, 2.45) is 7.05 Å². The van der Waals surface area contributed by atoms with Crippen molar-refractivity contribution in [1.82, 2.24) is 15.1 Å². The Morgan fingerprint density at radius 1 is 1.24 bits per heavy atom. The first-order chi connectivity index (χ1) is 11.9. The summed E-state index contributed by atoms with van der Waals surface area (Å²) in [5.74, 6) is 2.47. The van der Waals surface area contributed by atoms with E-state index in [9.17, 15) is 0 Å². The molecule has 0 atom stereocenters. The molecule has 0 aliphatic carbocycles. The maximum Gasteiger partial charge on any atom is 0.216 e. The summed E-state index contributed by atoms with van der Waals surface area (Å²) in [7, 11) is 3.58. The lowest BCUT2D eigenvalue weighted by Crippen LogP contribution is -2.33. The van der Waals surface area contributed by atoms with Crippen LogP contribution in [0.4, 0.5) is 0 Å². The number of hydrogen-bond acceptors (Lipinski definition) is 5. The van der Waals surface area contributed by atoms with E-state index in [1.165, 1.54) is 5.56 Å². The van der Waals surface area contributed by atoms with Gasteiger partial charge < -0.3 is 19.5 Å². The van der Waals surface area contributed by atoms with E-state index in [4.69, 9.17) is 14.2 Å². The Morgan fingerprint density at radius 2 is 1.96 bits per heavy atom. The van der Waals surface area contributed by atoms with Gasteiger partial charge in [0.05, 0.1) is 18.4 Å². The fraction of sp³-hybridized carbons (Fsp3) is 0.526. The third-order valence-corrected chi connectivity index (χ3v) is 4.67. The summed E-state index contributed by atoms with van der Waals surface area (Å²) in [6.07, 6.45) is 0. The maximum absolute atomic E-state index is 5.71. The van der Waals surface area contributed by atoms with Crippen LogP contribution in [0, 0.1) is 6.92 Å². The first-order valence-electron chi connectivity index (χ1n) is 8.59. The molecule has 0 saturated carbocycles. The quantitative estimate of drug-likeness (QED) is 0.872. The molecule has 1 aliphatic rings. The van der Waals surface area contributed by atoms with Gasteiger partial charge >= 0.3 is 0 Å². The van der Waals surface area contributed by atoms with Crippen LogP contribution >= 0.6 is 0 Å². The molecule has 136 valence electrons. The Bertz CT molecular complexity index is 753. The standard InChI is InChI=1S/C19H27N3O3/c1-13-15(18(23-5)22(4)21-13)11-20-12-19(2,3)14-6-7-16-17(10-14)25-9-8-24-16/h6-7,10,20H,8-9,11-12H2,1-5H3. The van der Waals surface area contributed by atoms with Crippen molar-refractivity contribution in [3.8, 4) is 17.4 Å². The molecule has 0 amide bonds. The summed E-state index contributed by atoms with van der Waals surface area (Å²) in [5, 5.41) is 7.97. The number of rotatable bonds is 6. The lowest BCUT2D eigenvalue weighted by molar-refractivity contribution is 0.171. The van der Waals surface area contributed by atoms with E-state index in [1.54, 1.807) is 11.8 Å². The van der Waals surface area contributed by atoms with Gasteiger partial charge in [-0.3, -0.25) is 0 Å². The van der Waals surface area contributed by atoms with Crippen molar-refractivity contribution in [3.63, 3.8) is 0 Å². The summed E-state index contributed by atoms with van der Waals surface area (Å²) >= 11 is 0. The van der Waals surface area contributed by atoms with E-state index in [1.807, 2.05) is 20.0 Å². The fourth-order valence-corrected chi connectivity index (χ4v) is 3.21. The lowest BCUT2D eigenvalue weighted by atomic mass is 9.84. The molecule has 0 bridgehead atoms. The van der Waals surface area contributed by atoms with E-state index >= 15 is 0 Å². The highest BCUT2D eigenvalue weighted by molar-refractivity contribution is 5.45. The number of aryl methyl sites for hydroxylation is 2. The van der Waals surface area contributed by atoms with Crippen molar-refractivity contribution < 1.29 is 14.2 Å². The molecule has 2 heterocycles. The molecule has 0 radical (unpaired) electrons. The average Bonchev–Trinajstić information content (AvgIpc) is 2.87. The zero-order valence-corrected chi connectivity index (χ0v) is 15.7. The first-order valence-corrected chi connectivity index (χ1v) is 8.59. The van der Waals surface area contributed by atoms with Crippen molar-refractivity contribution >= 4 is 0 Å². The predicted molar refractivity (Wildman–Crippen MR) is 96.7 cm³/mol. The van der Waals surface area contributed by atoms with Gasteiger partial charge in [-0.05, 0) is 24.6 Å². The van der Waals surface area contributed by atoms with Crippen molar-refractivity contribution in [2.75, 3.05) is 26.9 Å². The van der Waals surface area contributed by atoms with Gasteiger partial charge in [0.15, 0.2) is 11.5 Å². The molecule has 1 aromatic carbocycles. The number of ether oxygens (including phenoxy) is 3. The molecule has 0 fully saturated rings. The topological polar surface area (TPSA) is 57.5 Å². The second-order valence-electron chi connectivity index (χ2n) is 7.04. The summed E-state index contributed by atoms with van der Waals surface area (Å²) < 4.78 is 18.5. The largest absolute Gasteiger partial charge is 0.486 e. The number of nitrogens with one attached hydrogen (secondary N) is 1. The Kier molecular flexibility index (Phi) is 4.90. The Hall–Kier alpha value is -2.21. The highest BCUT2D eigenvalue weighted by Crippen LogP contribution is 2.35. The molecule has 1 aliphatic heterocycles. The highest BCUT2D eigenvalue weighted by Gasteiger charge is 2.24. The van der Waals surface area contributed by atoms with Crippen LogP contribution in [0.3, 0.4) is 0 Å². The van der Waals surface area contributed by atoms with Crippen molar-refractivity contribution in [1.29, 1.82) is 0 Å². The van der Waals surface area contributed by atoms with Crippen molar-refractivity contribution in [2.45, 2.75) is 32.7 Å². The van der Waals surface area contributed by atoms with Gasteiger partial charge in [-0.25, -0.2) is 4.68 Å². The number of hydrogen-bond donors (Lipinski definition) is 1. The van der Waals surface area contributed by atoms with Crippen LogP contribution in [0.5, 0.6) is 17.4 Å². The Morgan fingerprint density at radius 3 is 2.68 bits per heavy atom. The molecule has 0 saturated heterocycles. The minimum atomic E-state index is -0.0425. The molecule has 0 spiro atoms. The van der Waals surface area contributed by atoms with E-state index in [2.05, 4.69) is 36.4 Å². The third-order valence-electron chi connectivity index (χ3n) is 4.67. The van der Waals surface area contributed by atoms with Gasteiger partial charge in [0.1, 0.15) is 13.2 Å². The molecule has 1 N–H and O–H groups in total. The van der Waals surface area contributed by atoms with Crippen LogP contribution in [-0.4, -0.2) is 36.6 Å². The first kappa shape index (κ1) is 17.6. The third kappa shape index (κ3) is 3.58. The van der Waals surface area contributed by atoms with E-state index in [0.29, 0.717) is 13.2 Å². The zero-order chi connectivity index (χ0) is 18.0. The maximum atomic E-state index is 5.71. The zero-order valence-electron chi connectivity index (χ0n) is 15.7. The number of aromatic nitrogens is 2. The van der Waals surface area contributed by atoms with Gasteiger partial charge in [0.2, 0.25) is 5.88 Å². The smallest absolute Gasteiger partial charge is 0.216 e. The van der Waals surface area contributed by atoms with Crippen LogP contribution in [0.15, 0.2) is 18.2 Å². The van der Waals surface area contributed by atoms with Crippen LogP contribution in [-0.2, 0) is 19.0 Å². The average molecular weight is 345 g/mol. The van der Waals surface area contributed by atoms with E-state index in [0.717, 1.165) is 41.7 Å². The summed E-state index contributed by atoms with van der Waals surface area (Å²) in [6, 6.07) is 6.21. The van der Waals surface area contributed by atoms with Crippen LogP contribution in [0.2, 0.25) is 0 Å². The molecule has 6 nitrogen and oxygen atoms in total. The Labute approximate surface area is 149 Å². The number of benzene rings is 1. The Balaban J connectivity index is 1.68. The highest BCUT2D eigenvalue weighted by atomic mass is 16.6. The molecule has 2 aromatic rings. The minimum Gasteiger partial charge on any atom is -0.486 e. The van der Waals surface area contributed by atoms with Gasteiger partial charge in [-0.1, -0.05) is 19.9 Å². The number of methoxy groups -OCH3 is 1. The summed E-state index contributed by atoms with van der Waals surface area (Å²) in [6.45, 7) is 9.21. The second-order valence-corrected chi connectivity index (χ2v) is 7.04. The second kappa shape index (κ2) is 6.96. The van der Waals surface area contributed by atoms with Crippen LogP contribution in [0.1, 0.15) is 30.7 Å². The lowest BCUT2D eigenvalue weighted by Gasteiger charge is -2.28. The van der Waals surface area contributed by atoms with Gasteiger partial charge in [-0.15, -0.1) is 0 Å². The summed E-state index contributed by atoms with van der Waals surface area (Å²) in [5.41, 5.74) is 3.27. The fourth-order valence-electron chi connectivity index (χ4n) is 3.21. The minimum absolute atomic E-state index is 0.0425. The van der Waals surface area contributed by atoms with Crippen LogP contribution < -0.4 is 19.5 Å². The molecule has 25 heavy (non-hydrogen) atoms. The molecule has 6 heteroatoms. The van der Waals surface area contributed by atoms with E-state index in [-0.39, 0.29) is 5.41 Å². The van der Waals surface area contributed by atoms with Gasteiger partial charge in [0, 0.05) is 25.6 Å². The number of nitrogens with zero attached hydrogens (tertiary/aromatic N) is 2. The normalized spacial score (nSPS) is 13.8. The monoisotopic (exact) mass is 345 g/mol. The number of fused-ring (bicyclic) bond motifs is 1. The SMILES string of the molecule is COc1c(CNCC(C)(C)c2ccc3c(c2)OCCO3)c(C)nn1C. The molecular formula is C19H27N3O3. The summed E-state index contributed by atoms with van der Waals surface area (Å²) in [4.78, 5) is 0.